The molecule has 0 aliphatic heterocycles. The zero-order valence-electron chi connectivity index (χ0n) is 15.6. The lowest BCUT2D eigenvalue weighted by molar-refractivity contribution is -0.137. The van der Waals surface area contributed by atoms with Gasteiger partial charge in [0.15, 0.2) is 0 Å². The molecule has 10 nitrogen and oxygen atoms in total. The highest BCUT2D eigenvalue weighted by Crippen LogP contribution is 2.24. The molecule has 10 heteroatoms. The Balaban J connectivity index is 1.75. The van der Waals surface area contributed by atoms with Crippen molar-refractivity contribution in [1.29, 1.82) is 0 Å². The molecule has 3 aromatic rings. The lowest BCUT2D eigenvalue weighted by Crippen LogP contribution is -2.30. The number of fused-ring (bicyclic) bond motifs is 1. The molecule has 0 saturated heterocycles. The van der Waals surface area contributed by atoms with Gasteiger partial charge in [-0.05, 0) is 28.8 Å². The summed E-state index contributed by atoms with van der Waals surface area (Å²) in [5, 5.41) is 14.9. The van der Waals surface area contributed by atoms with Gasteiger partial charge in [-0.1, -0.05) is 29.4 Å². The van der Waals surface area contributed by atoms with E-state index in [1.54, 1.807) is 42.5 Å². The van der Waals surface area contributed by atoms with E-state index < -0.39 is 24.0 Å². The van der Waals surface area contributed by atoms with Crippen molar-refractivity contribution in [2.45, 2.75) is 13.0 Å². The molecule has 0 aliphatic rings. The van der Waals surface area contributed by atoms with Crippen LogP contribution in [0.3, 0.4) is 0 Å². The number of aliphatic carboxylic acids is 1. The molecule has 1 heterocycles. The van der Waals surface area contributed by atoms with Crippen LogP contribution < -0.4 is 15.7 Å². The normalized spacial score (nSPS) is 10.3. The van der Waals surface area contributed by atoms with E-state index in [-0.39, 0.29) is 18.6 Å². The quantitative estimate of drug-likeness (QED) is 0.253. The van der Waals surface area contributed by atoms with Crippen LogP contribution in [0.25, 0.3) is 21.4 Å². The Bertz CT molecular complexity index is 1200. The Labute approximate surface area is 169 Å². The second-order valence-corrected chi connectivity index (χ2v) is 6.24. The van der Waals surface area contributed by atoms with Crippen molar-refractivity contribution in [3.05, 3.63) is 80.5 Å². The first-order valence-corrected chi connectivity index (χ1v) is 8.77. The molecular weight excluding hydrogens is 392 g/mol. The standard InChI is InChI=1S/C20H16N4O6/c21-24-23-14-3-1-12(2-4-14)11-29-15-5-6-16-13(7-18(25)22-10-19(26)27)8-20(28)30-17(16)9-15/h1-6,8-9H,7,10-11H2,(H,22,25)(H,26,27). The number of benzene rings is 2. The maximum absolute atomic E-state index is 11.9. The topological polar surface area (TPSA) is 155 Å². The second kappa shape index (κ2) is 9.26. The lowest BCUT2D eigenvalue weighted by Gasteiger charge is -2.09. The minimum Gasteiger partial charge on any atom is -0.489 e. The summed E-state index contributed by atoms with van der Waals surface area (Å²) < 4.78 is 10.9. The first kappa shape index (κ1) is 20.4. The number of carbonyl (C=O) groups excluding carboxylic acids is 1. The minimum atomic E-state index is -1.16. The third kappa shape index (κ3) is 5.37. The van der Waals surface area contributed by atoms with Crippen LogP contribution in [0.2, 0.25) is 0 Å². The Morgan fingerprint density at radius 2 is 1.93 bits per heavy atom. The highest BCUT2D eigenvalue weighted by Gasteiger charge is 2.12. The number of azide groups is 1. The molecule has 0 saturated carbocycles. The fourth-order valence-corrected chi connectivity index (χ4v) is 2.73. The number of hydrogen-bond acceptors (Lipinski definition) is 6. The third-order valence-corrected chi connectivity index (χ3v) is 4.09. The Kier molecular flexibility index (Phi) is 6.31. The van der Waals surface area contributed by atoms with Crippen LogP contribution >= 0.6 is 0 Å². The van der Waals surface area contributed by atoms with Crippen LogP contribution in [0, 0.1) is 0 Å². The maximum atomic E-state index is 11.9. The number of carbonyl (C=O) groups is 2. The molecule has 1 amide bonds. The number of rotatable bonds is 8. The van der Waals surface area contributed by atoms with Crippen LogP contribution in [-0.4, -0.2) is 23.5 Å². The number of carboxylic acids is 1. The zero-order chi connectivity index (χ0) is 21.5. The summed E-state index contributed by atoms with van der Waals surface area (Å²) in [6.07, 6.45) is -0.160. The highest BCUT2D eigenvalue weighted by atomic mass is 16.5. The summed E-state index contributed by atoms with van der Waals surface area (Å²) in [6.45, 7) is -0.260. The average Bonchev–Trinajstić information content (AvgIpc) is 2.71. The van der Waals surface area contributed by atoms with Gasteiger partial charge in [-0.15, -0.1) is 0 Å². The smallest absolute Gasteiger partial charge is 0.336 e. The molecule has 2 aromatic carbocycles. The van der Waals surface area contributed by atoms with Crippen LogP contribution in [0.4, 0.5) is 5.69 Å². The molecule has 1 aromatic heterocycles. The van der Waals surface area contributed by atoms with E-state index in [0.29, 0.717) is 22.4 Å². The molecule has 152 valence electrons. The fraction of sp³-hybridized carbons (Fsp3) is 0.150. The number of amides is 1. The van der Waals surface area contributed by atoms with E-state index >= 15 is 0 Å². The largest absolute Gasteiger partial charge is 0.489 e. The number of carboxylic acid groups (broad SMARTS) is 1. The van der Waals surface area contributed by atoms with Gasteiger partial charge in [0.05, 0.1) is 6.42 Å². The van der Waals surface area contributed by atoms with Crippen LogP contribution in [0.5, 0.6) is 5.75 Å². The summed E-state index contributed by atoms with van der Waals surface area (Å²) in [5.41, 5.74) is 9.80. The van der Waals surface area contributed by atoms with Gasteiger partial charge in [-0.25, -0.2) is 4.79 Å². The summed E-state index contributed by atoms with van der Waals surface area (Å²) in [4.78, 5) is 37.0. The predicted molar refractivity (Wildman–Crippen MR) is 106 cm³/mol. The molecule has 2 N–H and O–H groups in total. The molecule has 0 atom stereocenters. The van der Waals surface area contributed by atoms with Crippen molar-refractivity contribution < 1.29 is 23.8 Å². The van der Waals surface area contributed by atoms with E-state index in [0.717, 1.165) is 5.56 Å². The van der Waals surface area contributed by atoms with Gasteiger partial charge in [0.25, 0.3) is 0 Å². The van der Waals surface area contributed by atoms with E-state index in [1.807, 2.05) is 0 Å². The number of nitrogens with one attached hydrogen (secondary N) is 1. The monoisotopic (exact) mass is 408 g/mol. The zero-order valence-corrected chi connectivity index (χ0v) is 15.6. The van der Waals surface area contributed by atoms with Gasteiger partial charge in [-0.3, -0.25) is 9.59 Å². The maximum Gasteiger partial charge on any atom is 0.336 e. The summed E-state index contributed by atoms with van der Waals surface area (Å²) in [5.74, 6) is -1.22. The van der Waals surface area contributed by atoms with E-state index in [2.05, 4.69) is 15.3 Å². The average molecular weight is 408 g/mol. The van der Waals surface area contributed by atoms with Gasteiger partial charge >= 0.3 is 11.6 Å². The summed E-state index contributed by atoms with van der Waals surface area (Å²) >= 11 is 0. The lowest BCUT2D eigenvalue weighted by atomic mass is 10.1. The number of ether oxygens (including phenoxy) is 1. The van der Waals surface area contributed by atoms with Crippen molar-refractivity contribution in [2.75, 3.05) is 6.54 Å². The van der Waals surface area contributed by atoms with Crippen molar-refractivity contribution in [3.63, 3.8) is 0 Å². The molecule has 0 fully saturated rings. The predicted octanol–water partition coefficient (Wildman–Crippen LogP) is 3.06. The molecule has 3 rings (SSSR count). The molecule has 0 bridgehead atoms. The van der Waals surface area contributed by atoms with E-state index in [1.165, 1.54) is 6.07 Å². The van der Waals surface area contributed by atoms with Gasteiger partial charge in [0.2, 0.25) is 5.91 Å². The molecule has 0 radical (unpaired) electrons. The Morgan fingerprint density at radius 1 is 1.17 bits per heavy atom. The number of nitrogens with zero attached hydrogens (tertiary/aromatic N) is 3. The molecule has 0 spiro atoms. The Morgan fingerprint density at radius 3 is 2.63 bits per heavy atom. The summed E-state index contributed by atoms with van der Waals surface area (Å²) in [7, 11) is 0. The first-order valence-electron chi connectivity index (χ1n) is 8.77. The Hall–Kier alpha value is -4.30. The van der Waals surface area contributed by atoms with Crippen molar-refractivity contribution in [1.82, 2.24) is 5.32 Å². The first-order chi connectivity index (χ1) is 14.4. The van der Waals surface area contributed by atoms with E-state index in [4.69, 9.17) is 19.8 Å². The number of hydrogen-bond donors (Lipinski definition) is 2. The van der Waals surface area contributed by atoms with Crippen LogP contribution in [-0.2, 0) is 22.6 Å². The van der Waals surface area contributed by atoms with Gasteiger partial charge in [-0.2, -0.15) is 0 Å². The minimum absolute atomic E-state index is 0.160. The highest BCUT2D eigenvalue weighted by molar-refractivity contribution is 5.88. The summed E-state index contributed by atoms with van der Waals surface area (Å²) in [6, 6.07) is 12.9. The van der Waals surface area contributed by atoms with Gasteiger partial charge < -0.3 is 19.6 Å². The SMILES string of the molecule is [N-]=[N+]=Nc1ccc(COc2ccc3c(CC(=O)NCC(=O)O)cc(=O)oc3c2)cc1. The molecular formula is C20H16N4O6. The van der Waals surface area contributed by atoms with Crippen molar-refractivity contribution >= 4 is 28.5 Å². The van der Waals surface area contributed by atoms with E-state index in [9.17, 15) is 14.4 Å². The van der Waals surface area contributed by atoms with Gasteiger partial charge in [0.1, 0.15) is 24.5 Å². The molecule has 0 aliphatic carbocycles. The third-order valence-electron chi connectivity index (χ3n) is 4.09. The van der Waals surface area contributed by atoms with Crippen LogP contribution in [0.1, 0.15) is 11.1 Å². The fourth-order valence-electron chi connectivity index (χ4n) is 2.73. The van der Waals surface area contributed by atoms with Crippen molar-refractivity contribution in [3.8, 4) is 5.75 Å². The molecule has 30 heavy (non-hydrogen) atoms. The van der Waals surface area contributed by atoms with Gasteiger partial charge in [0, 0.05) is 28.1 Å². The van der Waals surface area contributed by atoms with Crippen molar-refractivity contribution in [2.24, 2.45) is 5.11 Å². The second-order valence-electron chi connectivity index (χ2n) is 6.24. The van der Waals surface area contributed by atoms with Crippen LogP contribution in [0.15, 0.2) is 62.9 Å². The molecule has 0 unspecified atom stereocenters.